The van der Waals surface area contributed by atoms with Crippen LogP contribution in [0.2, 0.25) is 0 Å². The van der Waals surface area contributed by atoms with Crippen molar-refractivity contribution in [3.05, 3.63) is 29.3 Å². The average molecular weight is 284 g/mol. The van der Waals surface area contributed by atoms with Gasteiger partial charge in [-0.15, -0.1) is 0 Å². The van der Waals surface area contributed by atoms with Gasteiger partial charge in [-0.05, 0) is 37.8 Å². The minimum absolute atomic E-state index is 0.00368. The first kappa shape index (κ1) is 16.4. The highest BCUT2D eigenvalue weighted by molar-refractivity contribution is 5.95. The second-order valence-corrected chi connectivity index (χ2v) is 6.93. The van der Waals surface area contributed by atoms with E-state index < -0.39 is 23.1 Å². The third-order valence-corrected chi connectivity index (χ3v) is 2.73. The van der Waals surface area contributed by atoms with Gasteiger partial charge < -0.3 is 11.1 Å². The van der Waals surface area contributed by atoms with E-state index in [9.17, 15) is 13.6 Å². The topological polar surface area (TPSA) is 55.1 Å². The third-order valence-electron chi connectivity index (χ3n) is 2.73. The number of nitrogens with two attached hydrogens (primary N) is 1. The number of carbonyl (C=O) groups is 1. The van der Waals surface area contributed by atoms with E-state index in [2.05, 4.69) is 5.32 Å². The number of hydrogen-bond donors (Lipinski definition) is 2. The Bertz CT molecular complexity index is 519. The predicted octanol–water partition coefficient (Wildman–Crippen LogP) is 3.49. The highest BCUT2D eigenvalue weighted by Gasteiger charge is 2.28. The minimum Gasteiger partial charge on any atom is -0.396 e. The van der Waals surface area contributed by atoms with Gasteiger partial charge in [-0.3, -0.25) is 4.79 Å². The normalized spacial score (nSPS) is 12.3. The smallest absolute Gasteiger partial charge is 0.254 e. The molecule has 0 aliphatic rings. The Balaban J connectivity index is 2.97. The molecular weight excluding hydrogens is 262 g/mol. The molecule has 1 aromatic rings. The summed E-state index contributed by atoms with van der Waals surface area (Å²) in [6, 6.07) is 1.71. The lowest BCUT2D eigenvalue weighted by Gasteiger charge is -2.33. The van der Waals surface area contributed by atoms with Crippen molar-refractivity contribution in [3.8, 4) is 0 Å². The van der Waals surface area contributed by atoms with E-state index in [-0.39, 0.29) is 16.7 Å². The van der Waals surface area contributed by atoms with Gasteiger partial charge in [0.05, 0.1) is 11.3 Å². The lowest BCUT2D eigenvalue weighted by molar-refractivity contribution is 0.0887. The van der Waals surface area contributed by atoms with Gasteiger partial charge in [0.1, 0.15) is 5.82 Å². The van der Waals surface area contributed by atoms with Crippen LogP contribution in [0.1, 0.15) is 51.4 Å². The van der Waals surface area contributed by atoms with Crippen LogP contribution in [0.15, 0.2) is 12.1 Å². The molecule has 112 valence electrons. The summed E-state index contributed by atoms with van der Waals surface area (Å²) < 4.78 is 27.0. The van der Waals surface area contributed by atoms with Crippen LogP contribution < -0.4 is 11.1 Å². The maximum Gasteiger partial charge on any atom is 0.254 e. The molecular formula is C15H22F2N2O. The second-order valence-electron chi connectivity index (χ2n) is 6.93. The van der Waals surface area contributed by atoms with Crippen molar-refractivity contribution in [1.82, 2.24) is 5.32 Å². The predicted molar refractivity (Wildman–Crippen MR) is 76.4 cm³/mol. The number of carbonyl (C=O) groups excluding carboxylic acids is 1. The molecule has 0 saturated carbocycles. The van der Waals surface area contributed by atoms with Crippen LogP contribution in [0.5, 0.6) is 0 Å². The van der Waals surface area contributed by atoms with Crippen LogP contribution >= 0.6 is 0 Å². The van der Waals surface area contributed by atoms with Gasteiger partial charge in [-0.2, -0.15) is 0 Å². The first-order valence-corrected chi connectivity index (χ1v) is 6.48. The summed E-state index contributed by atoms with van der Waals surface area (Å²) >= 11 is 0. The molecule has 0 aliphatic heterocycles. The van der Waals surface area contributed by atoms with E-state index >= 15 is 0 Å². The molecule has 1 rings (SSSR count). The highest BCUT2D eigenvalue weighted by Crippen LogP contribution is 2.27. The quantitative estimate of drug-likeness (QED) is 0.835. The molecule has 0 aromatic heterocycles. The molecule has 5 heteroatoms. The Morgan fingerprint density at radius 2 is 1.75 bits per heavy atom. The van der Waals surface area contributed by atoms with Crippen molar-refractivity contribution in [2.45, 2.75) is 46.6 Å². The summed E-state index contributed by atoms with van der Waals surface area (Å²) in [6.07, 6.45) is 0.693. The van der Waals surface area contributed by atoms with Crippen LogP contribution in [-0.4, -0.2) is 11.4 Å². The largest absolute Gasteiger partial charge is 0.396 e. The number of rotatable bonds is 3. The van der Waals surface area contributed by atoms with Gasteiger partial charge in [-0.1, -0.05) is 20.8 Å². The Kier molecular flexibility index (Phi) is 4.42. The number of benzene rings is 1. The van der Waals surface area contributed by atoms with Gasteiger partial charge in [0, 0.05) is 5.54 Å². The maximum atomic E-state index is 13.8. The molecule has 0 atom stereocenters. The molecule has 0 bridgehead atoms. The Hall–Kier alpha value is -1.65. The zero-order valence-corrected chi connectivity index (χ0v) is 12.6. The SMILES string of the molecule is CC(C)(C)CC(C)(C)NC(=O)c1cc(F)cc(N)c1F. The fourth-order valence-electron chi connectivity index (χ4n) is 2.52. The lowest BCUT2D eigenvalue weighted by Crippen LogP contribution is -2.46. The molecule has 0 spiro atoms. The van der Waals surface area contributed by atoms with Crippen molar-refractivity contribution < 1.29 is 13.6 Å². The standard InChI is InChI=1S/C15H22F2N2O/c1-14(2,3)8-15(4,5)19-13(20)10-6-9(16)7-11(18)12(10)17/h6-7H,8,18H2,1-5H3,(H,19,20). The molecule has 0 aliphatic carbocycles. The fraction of sp³-hybridized carbons (Fsp3) is 0.533. The maximum absolute atomic E-state index is 13.8. The molecule has 0 unspecified atom stereocenters. The van der Waals surface area contributed by atoms with Crippen LogP contribution in [0.25, 0.3) is 0 Å². The molecule has 0 heterocycles. The number of nitrogen functional groups attached to an aromatic ring is 1. The van der Waals surface area contributed by atoms with Gasteiger partial charge >= 0.3 is 0 Å². The molecule has 1 amide bonds. The van der Waals surface area contributed by atoms with Gasteiger partial charge in [0.25, 0.3) is 5.91 Å². The summed E-state index contributed by atoms with van der Waals surface area (Å²) in [7, 11) is 0. The monoisotopic (exact) mass is 284 g/mol. The zero-order chi connectivity index (χ0) is 15.7. The Morgan fingerprint density at radius 3 is 2.25 bits per heavy atom. The van der Waals surface area contributed by atoms with E-state index in [4.69, 9.17) is 5.73 Å². The van der Waals surface area contributed by atoms with E-state index in [1.54, 1.807) is 0 Å². The van der Waals surface area contributed by atoms with Crippen LogP contribution in [0, 0.1) is 17.0 Å². The van der Waals surface area contributed by atoms with Crippen molar-refractivity contribution in [1.29, 1.82) is 0 Å². The minimum atomic E-state index is -0.893. The highest BCUT2D eigenvalue weighted by atomic mass is 19.1. The first-order valence-electron chi connectivity index (χ1n) is 6.48. The third kappa shape index (κ3) is 4.47. The number of anilines is 1. The van der Waals surface area contributed by atoms with E-state index in [1.165, 1.54) is 0 Å². The van der Waals surface area contributed by atoms with E-state index in [1.807, 2.05) is 34.6 Å². The number of amides is 1. The summed E-state index contributed by atoms with van der Waals surface area (Å²) in [4.78, 5) is 12.1. The van der Waals surface area contributed by atoms with Gasteiger partial charge in [0.2, 0.25) is 0 Å². The second kappa shape index (κ2) is 5.38. The zero-order valence-electron chi connectivity index (χ0n) is 12.6. The summed E-state index contributed by atoms with van der Waals surface area (Å²) in [5.74, 6) is -2.29. The molecule has 0 saturated heterocycles. The van der Waals surface area contributed by atoms with Crippen molar-refractivity contribution in [3.63, 3.8) is 0 Å². The molecule has 0 radical (unpaired) electrons. The summed E-state index contributed by atoms with van der Waals surface area (Å²) in [5.41, 5.74) is 4.04. The number of nitrogens with one attached hydrogen (secondary N) is 1. The molecule has 1 aromatic carbocycles. The average Bonchev–Trinajstić information content (AvgIpc) is 2.18. The van der Waals surface area contributed by atoms with E-state index in [0.29, 0.717) is 6.42 Å². The van der Waals surface area contributed by atoms with Crippen molar-refractivity contribution >= 4 is 11.6 Å². The van der Waals surface area contributed by atoms with Gasteiger partial charge in [0.15, 0.2) is 5.82 Å². The molecule has 20 heavy (non-hydrogen) atoms. The molecule has 3 nitrogen and oxygen atoms in total. The lowest BCUT2D eigenvalue weighted by atomic mass is 9.81. The van der Waals surface area contributed by atoms with E-state index in [0.717, 1.165) is 12.1 Å². The Morgan fingerprint density at radius 1 is 1.20 bits per heavy atom. The molecule has 0 fully saturated rings. The van der Waals surface area contributed by atoms with Crippen molar-refractivity contribution in [2.24, 2.45) is 5.41 Å². The van der Waals surface area contributed by atoms with Crippen LogP contribution in [0.4, 0.5) is 14.5 Å². The number of halogens is 2. The summed E-state index contributed by atoms with van der Waals surface area (Å²) in [6.45, 7) is 9.82. The summed E-state index contributed by atoms with van der Waals surface area (Å²) in [5, 5.41) is 2.72. The molecule has 3 N–H and O–H groups in total. The van der Waals surface area contributed by atoms with Crippen molar-refractivity contribution in [2.75, 3.05) is 5.73 Å². The Labute approximate surface area is 118 Å². The number of hydrogen-bond acceptors (Lipinski definition) is 2. The fourth-order valence-corrected chi connectivity index (χ4v) is 2.52. The van der Waals surface area contributed by atoms with Gasteiger partial charge in [-0.25, -0.2) is 8.78 Å². The van der Waals surface area contributed by atoms with Crippen LogP contribution in [0.3, 0.4) is 0 Å². The van der Waals surface area contributed by atoms with Crippen LogP contribution in [-0.2, 0) is 0 Å². The first-order chi connectivity index (χ1) is 8.91.